The minimum absolute atomic E-state index is 0.0138. The molecule has 12 heteroatoms. The van der Waals surface area contributed by atoms with Crippen LogP contribution < -0.4 is 5.32 Å². The van der Waals surface area contributed by atoms with E-state index in [1.54, 1.807) is 24.3 Å². The molecule has 1 aromatic heterocycles. The van der Waals surface area contributed by atoms with Crippen molar-refractivity contribution in [2.75, 3.05) is 5.32 Å². The lowest BCUT2D eigenvalue weighted by molar-refractivity contribution is -0.384. The monoisotopic (exact) mass is 466 g/mol. The second-order valence-corrected chi connectivity index (χ2v) is 9.48. The molecule has 0 fully saturated rings. The van der Waals surface area contributed by atoms with Gasteiger partial charge in [-0.05, 0) is 30.3 Å². The summed E-state index contributed by atoms with van der Waals surface area (Å²) in [6.07, 6.45) is 0. The number of hydrogen-bond acceptors (Lipinski definition) is 6. The van der Waals surface area contributed by atoms with E-state index in [9.17, 15) is 23.3 Å². The number of hydrogen-bond donors (Lipinski definition) is 1. The van der Waals surface area contributed by atoms with Crippen LogP contribution in [0, 0.1) is 10.1 Å². The minimum Gasteiger partial charge on any atom is -0.306 e. The lowest BCUT2D eigenvalue weighted by atomic mass is 10.2. The van der Waals surface area contributed by atoms with Crippen LogP contribution in [0.15, 0.2) is 42.5 Å². The van der Waals surface area contributed by atoms with Crippen molar-refractivity contribution in [3.63, 3.8) is 0 Å². The van der Waals surface area contributed by atoms with Crippen LogP contribution in [0.25, 0.3) is 5.69 Å². The quantitative estimate of drug-likeness (QED) is 0.460. The average Bonchev–Trinajstić information content (AvgIpc) is 3.15. The number of nitro groups is 1. The Morgan fingerprint density at radius 3 is 2.50 bits per heavy atom. The zero-order valence-electron chi connectivity index (χ0n) is 15.0. The lowest BCUT2D eigenvalue weighted by Gasteiger charge is -2.12. The van der Waals surface area contributed by atoms with E-state index >= 15 is 0 Å². The fourth-order valence-electron chi connectivity index (χ4n) is 3.12. The largest absolute Gasteiger partial charge is 0.306 e. The van der Waals surface area contributed by atoms with E-state index in [-0.39, 0.29) is 33.6 Å². The number of halogens is 2. The van der Waals surface area contributed by atoms with E-state index in [2.05, 4.69) is 10.4 Å². The van der Waals surface area contributed by atoms with Gasteiger partial charge in [-0.2, -0.15) is 5.10 Å². The SMILES string of the molecule is O=C(Nc1c2c(nn1-c1ccc(Cl)cc1)CS(=O)(=O)C2)c1cc([N+](=O)[O-])ccc1Cl. The molecule has 0 saturated heterocycles. The van der Waals surface area contributed by atoms with Gasteiger partial charge in [-0.25, -0.2) is 13.1 Å². The van der Waals surface area contributed by atoms with Crippen LogP contribution >= 0.6 is 23.2 Å². The van der Waals surface area contributed by atoms with Crippen molar-refractivity contribution in [2.45, 2.75) is 11.5 Å². The summed E-state index contributed by atoms with van der Waals surface area (Å²) in [5, 5.41) is 18.5. The van der Waals surface area contributed by atoms with Gasteiger partial charge in [-0.1, -0.05) is 23.2 Å². The average molecular weight is 467 g/mol. The lowest BCUT2D eigenvalue weighted by Crippen LogP contribution is -2.17. The molecule has 1 aliphatic heterocycles. The molecule has 0 unspecified atom stereocenters. The standard InChI is InChI=1S/C18H12Cl2N4O5S/c19-10-1-3-11(4-2-10)23-17(14-8-30(28,29)9-16(14)22-23)21-18(25)13-7-12(24(26)27)5-6-15(13)20/h1-7H,8-9H2,(H,21,25). The number of rotatable bonds is 4. The van der Waals surface area contributed by atoms with Gasteiger partial charge >= 0.3 is 0 Å². The van der Waals surface area contributed by atoms with Crippen molar-refractivity contribution < 1.29 is 18.1 Å². The van der Waals surface area contributed by atoms with Crippen molar-refractivity contribution in [2.24, 2.45) is 0 Å². The third kappa shape index (κ3) is 3.76. The molecule has 2 aromatic carbocycles. The summed E-state index contributed by atoms with van der Waals surface area (Å²) in [5.74, 6) is -1.11. The van der Waals surface area contributed by atoms with Gasteiger partial charge in [-0.3, -0.25) is 14.9 Å². The van der Waals surface area contributed by atoms with Crippen LogP contribution in [0.4, 0.5) is 11.5 Å². The van der Waals surface area contributed by atoms with E-state index in [0.29, 0.717) is 22.0 Å². The first-order valence-electron chi connectivity index (χ1n) is 8.47. The van der Waals surface area contributed by atoms with Crippen molar-refractivity contribution in [3.05, 3.63) is 79.4 Å². The molecular formula is C18H12Cl2N4O5S. The van der Waals surface area contributed by atoms with Crippen LogP contribution in [-0.2, 0) is 21.3 Å². The number of carbonyl (C=O) groups is 1. The fraction of sp³-hybridized carbons (Fsp3) is 0.111. The number of sulfone groups is 1. The van der Waals surface area contributed by atoms with Gasteiger partial charge in [0, 0.05) is 22.7 Å². The van der Waals surface area contributed by atoms with Gasteiger partial charge < -0.3 is 5.32 Å². The summed E-state index contributed by atoms with van der Waals surface area (Å²) in [4.78, 5) is 23.3. The van der Waals surface area contributed by atoms with Crippen LogP contribution in [0.5, 0.6) is 0 Å². The molecule has 0 saturated carbocycles. The molecule has 2 heterocycles. The van der Waals surface area contributed by atoms with Crippen LogP contribution in [-0.4, -0.2) is 29.0 Å². The first kappa shape index (κ1) is 20.3. The number of amides is 1. The summed E-state index contributed by atoms with van der Waals surface area (Å²) in [5.41, 5.74) is 0.810. The number of nitrogens with zero attached hydrogens (tertiary/aromatic N) is 3. The number of anilines is 1. The highest BCUT2D eigenvalue weighted by molar-refractivity contribution is 7.90. The molecule has 30 heavy (non-hydrogen) atoms. The second kappa shape index (κ2) is 7.38. The van der Waals surface area contributed by atoms with E-state index < -0.39 is 20.7 Å². The molecule has 0 bridgehead atoms. The third-order valence-electron chi connectivity index (χ3n) is 4.50. The first-order chi connectivity index (χ1) is 14.1. The second-order valence-electron chi connectivity index (χ2n) is 6.57. The molecule has 1 aliphatic rings. The number of nitro benzene ring substituents is 1. The van der Waals surface area contributed by atoms with Crippen molar-refractivity contribution in [1.82, 2.24) is 9.78 Å². The molecule has 0 aliphatic carbocycles. The Morgan fingerprint density at radius 1 is 1.13 bits per heavy atom. The van der Waals surface area contributed by atoms with E-state index in [0.717, 1.165) is 6.07 Å². The van der Waals surface area contributed by atoms with Crippen LogP contribution in [0.1, 0.15) is 21.6 Å². The topological polar surface area (TPSA) is 124 Å². The van der Waals surface area contributed by atoms with Crippen molar-refractivity contribution in [3.8, 4) is 5.69 Å². The predicted molar refractivity (Wildman–Crippen MR) is 111 cm³/mol. The Labute approximate surface area is 180 Å². The molecule has 0 atom stereocenters. The molecule has 0 radical (unpaired) electrons. The Morgan fingerprint density at radius 2 is 1.83 bits per heavy atom. The predicted octanol–water partition coefficient (Wildman–Crippen LogP) is 3.77. The van der Waals surface area contributed by atoms with E-state index in [1.807, 2.05) is 0 Å². The molecule has 1 N–H and O–H groups in total. The van der Waals surface area contributed by atoms with E-state index in [1.165, 1.54) is 16.8 Å². The molecule has 0 spiro atoms. The van der Waals surface area contributed by atoms with Gasteiger partial charge in [0.15, 0.2) is 9.84 Å². The Hall–Kier alpha value is -2.95. The minimum atomic E-state index is -3.38. The van der Waals surface area contributed by atoms with Crippen LogP contribution in [0.3, 0.4) is 0 Å². The molecule has 3 aromatic rings. The summed E-state index contributed by atoms with van der Waals surface area (Å²) in [6, 6.07) is 10.1. The number of carbonyl (C=O) groups excluding carboxylic acids is 1. The number of fused-ring (bicyclic) bond motifs is 1. The Balaban J connectivity index is 1.79. The fourth-order valence-corrected chi connectivity index (χ4v) is 4.94. The molecular weight excluding hydrogens is 455 g/mol. The number of benzene rings is 2. The number of nitrogens with one attached hydrogen (secondary N) is 1. The molecule has 1 amide bonds. The normalized spacial score (nSPS) is 14.3. The zero-order chi connectivity index (χ0) is 21.6. The smallest absolute Gasteiger partial charge is 0.270 e. The van der Waals surface area contributed by atoms with Crippen molar-refractivity contribution in [1.29, 1.82) is 0 Å². The highest BCUT2D eigenvalue weighted by atomic mass is 35.5. The van der Waals surface area contributed by atoms with E-state index in [4.69, 9.17) is 23.2 Å². The maximum Gasteiger partial charge on any atom is 0.270 e. The van der Waals surface area contributed by atoms with Crippen molar-refractivity contribution >= 4 is 50.5 Å². The van der Waals surface area contributed by atoms with Gasteiger partial charge in [-0.15, -0.1) is 0 Å². The summed E-state index contributed by atoms with van der Waals surface area (Å²) >= 11 is 12.0. The highest BCUT2D eigenvalue weighted by Crippen LogP contribution is 2.34. The zero-order valence-corrected chi connectivity index (χ0v) is 17.3. The van der Waals surface area contributed by atoms with Crippen LogP contribution in [0.2, 0.25) is 10.0 Å². The molecule has 154 valence electrons. The maximum absolute atomic E-state index is 12.9. The third-order valence-corrected chi connectivity index (χ3v) is 6.52. The highest BCUT2D eigenvalue weighted by Gasteiger charge is 2.33. The molecule has 4 rings (SSSR count). The summed E-state index contributed by atoms with van der Waals surface area (Å²) in [7, 11) is -3.38. The Bertz CT molecular complexity index is 1300. The van der Waals surface area contributed by atoms with Gasteiger partial charge in [0.2, 0.25) is 0 Å². The number of aromatic nitrogens is 2. The van der Waals surface area contributed by atoms with Gasteiger partial charge in [0.05, 0.1) is 38.4 Å². The first-order valence-corrected chi connectivity index (χ1v) is 11.0. The van der Waals surface area contributed by atoms with Gasteiger partial charge in [0.25, 0.3) is 11.6 Å². The molecule has 9 nitrogen and oxygen atoms in total. The number of non-ortho nitro benzene ring substituents is 1. The maximum atomic E-state index is 12.9. The summed E-state index contributed by atoms with van der Waals surface area (Å²) in [6.45, 7) is 0. The summed E-state index contributed by atoms with van der Waals surface area (Å²) < 4.78 is 25.5. The Kier molecular flexibility index (Phi) is 5.00. The van der Waals surface area contributed by atoms with Gasteiger partial charge in [0.1, 0.15) is 5.82 Å².